The fraction of sp³-hybridized carbons (Fsp3) is 0.348. The summed E-state index contributed by atoms with van der Waals surface area (Å²) >= 11 is 0. The normalized spacial score (nSPS) is 15.6. The molecule has 2 N–H and O–H groups in total. The lowest BCUT2D eigenvalue weighted by Crippen LogP contribution is -2.49. The van der Waals surface area contributed by atoms with Gasteiger partial charge in [-0.05, 0) is 12.0 Å². The molecule has 1 aliphatic rings. The van der Waals surface area contributed by atoms with Gasteiger partial charge in [0.1, 0.15) is 36.2 Å². The highest BCUT2D eigenvalue weighted by Crippen LogP contribution is 2.32. The molecule has 190 valence electrons. The van der Waals surface area contributed by atoms with Gasteiger partial charge >= 0.3 is 6.18 Å². The van der Waals surface area contributed by atoms with Crippen LogP contribution in [-0.2, 0) is 11.3 Å². The van der Waals surface area contributed by atoms with E-state index < -0.39 is 30.5 Å². The van der Waals surface area contributed by atoms with Gasteiger partial charge in [0.15, 0.2) is 0 Å². The smallest absolute Gasteiger partial charge is 0.389 e. The van der Waals surface area contributed by atoms with Gasteiger partial charge in [0.2, 0.25) is 5.82 Å². The number of anilines is 2. The van der Waals surface area contributed by atoms with Gasteiger partial charge < -0.3 is 20.3 Å². The quantitative estimate of drug-likeness (QED) is 0.454. The number of rotatable bonds is 8. The number of aromatic nitrogens is 4. The van der Waals surface area contributed by atoms with Crippen molar-refractivity contribution in [2.75, 3.05) is 30.4 Å². The molecule has 10 nitrogen and oxygen atoms in total. The van der Waals surface area contributed by atoms with E-state index >= 15 is 0 Å². The SMILES string of the molecule is CN1C(=O)[C@@H](NC(=O)c2ncn(Cc3ccccc3)n2)COc2cc(NCCCC(F)(F)F)ncc21. The van der Waals surface area contributed by atoms with Gasteiger partial charge in [0, 0.05) is 26.1 Å². The minimum Gasteiger partial charge on any atom is -0.488 e. The number of ether oxygens (including phenoxy) is 1. The van der Waals surface area contributed by atoms with Crippen LogP contribution in [0.4, 0.5) is 24.7 Å². The number of amides is 2. The lowest BCUT2D eigenvalue weighted by molar-refractivity contribution is -0.134. The number of benzene rings is 1. The first kappa shape index (κ1) is 24.9. The molecular weight excluding hydrogens is 479 g/mol. The zero-order chi connectivity index (χ0) is 25.7. The van der Waals surface area contributed by atoms with Crippen LogP contribution in [0.5, 0.6) is 5.75 Å². The van der Waals surface area contributed by atoms with Crippen molar-refractivity contribution in [2.45, 2.75) is 31.6 Å². The van der Waals surface area contributed by atoms with Gasteiger partial charge in [-0.15, -0.1) is 5.10 Å². The molecule has 3 heterocycles. The summed E-state index contributed by atoms with van der Waals surface area (Å²) in [5.74, 6) is -0.532. The summed E-state index contributed by atoms with van der Waals surface area (Å²) in [5.41, 5.74) is 1.35. The molecule has 0 radical (unpaired) electrons. The van der Waals surface area contributed by atoms with Crippen LogP contribution in [0.3, 0.4) is 0 Å². The van der Waals surface area contributed by atoms with Gasteiger partial charge in [0.05, 0.1) is 12.7 Å². The summed E-state index contributed by atoms with van der Waals surface area (Å²) in [4.78, 5) is 35.1. The van der Waals surface area contributed by atoms with Crippen LogP contribution in [-0.4, -0.2) is 64.0 Å². The van der Waals surface area contributed by atoms with E-state index in [1.54, 1.807) is 0 Å². The van der Waals surface area contributed by atoms with E-state index in [1.807, 2.05) is 30.3 Å². The van der Waals surface area contributed by atoms with Gasteiger partial charge in [-0.3, -0.25) is 9.59 Å². The molecular formula is C23H24F3N7O3. The standard InChI is InChI=1S/C23H24F3N7O3/c1-32-17-11-28-19(27-9-5-8-23(24,25)26)10-18(17)36-13-16(22(32)35)30-21(34)20-29-14-33(31-20)12-15-6-3-2-4-7-15/h2-4,6-7,10-11,14,16H,5,8-9,12-13H2,1H3,(H,27,28)(H,30,34)/t16-/m0/s1. The zero-order valence-electron chi connectivity index (χ0n) is 19.3. The average molecular weight is 503 g/mol. The van der Waals surface area contributed by atoms with Crippen molar-refractivity contribution in [3.8, 4) is 5.75 Å². The van der Waals surface area contributed by atoms with E-state index in [9.17, 15) is 22.8 Å². The summed E-state index contributed by atoms with van der Waals surface area (Å²) < 4.78 is 44.2. The summed E-state index contributed by atoms with van der Waals surface area (Å²) in [6.07, 6.45) is -2.41. The third kappa shape index (κ3) is 6.29. The van der Waals surface area contributed by atoms with E-state index in [4.69, 9.17) is 4.74 Å². The number of likely N-dealkylation sites (N-methyl/N-ethyl adjacent to an activating group) is 1. The van der Waals surface area contributed by atoms with Crippen LogP contribution < -0.4 is 20.3 Å². The highest BCUT2D eigenvalue weighted by Gasteiger charge is 2.32. The molecule has 13 heteroatoms. The van der Waals surface area contributed by atoms with Crippen LogP contribution in [0.1, 0.15) is 29.0 Å². The Bertz CT molecular complexity index is 1220. The summed E-state index contributed by atoms with van der Waals surface area (Å²) in [6.45, 7) is 0.344. The number of nitrogens with zero attached hydrogens (tertiary/aromatic N) is 5. The lowest BCUT2D eigenvalue weighted by atomic mass is 10.2. The van der Waals surface area contributed by atoms with Gasteiger partial charge in [-0.25, -0.2) is 14.6 Å². The predicted molar refractivity (Wildman–Crippen MR) is 124 cm³/mol. The zero-order valence-corrected chi connectivity index (χ0v) is 19.3. The van der Waals surface area contributed by atoms with Crippen molar-refractivity contribution in [3.05, 3.63) is 60.3 Å². The number of carbonyl (C=O) groups is 2. The fourth-order valence-corrected chi connectivity index (χ4v) is 3.57. The number of fused-ring (bicyclic) bond motifs is 1. The molecule has 1 aromatic carbocycles. The van der Waals surface area contributed by atoms with Gasteiger partial charge in [-0.2, -0.15) is 13.2 Å². The van der Waals surface area contributed by atoms with Crippen molar-refractivity contribution < 1.29 is 27.5 Å². The summed E-state index contributed by atoms with van der Waals surface area (Å²) in [6, 6.07) is 10.0. The first-order valence-corrected chi connectivity index (χ1v) is 11.1. The Morgan fingerprint density at radius 3 is 2.75 bits per heavy atom. The molecule has 4 rings (SSSR count). The number of halogens is 3. The van der Waals surface area contributed by atoms with Crippen LogP contribution in [0.25, 0.3) is 0 Å². The van der Waals surface area contributed by atoms with E-state index in [-0.39, 0.29) is 25.4 Å². The van der Waals surface area contributed by atoms with Crippen LogP contribution in [0.2, 0.25) is 0 Å². The van der Waals surface area contributed by atoms with Gasteiger partial charge in [0.25, 0.3) is 11.8 Å². The number of carbonyl (C=O) groups excluding carboxylic acids is 2. The highest BCUT2D eigenvalue weighted by atomic mass is 19.4. The highest BCUT2D eigenvalue weighted by molar-refractivity contribution is 6.02. The maximum atomic E-state index is 12.9. The Labute approximate surface area is 204 Å². The molecule has 0 saturated heterocycles. The maximum Gasteiger partial charge on any atom is 0.389 e. The first-order valence-electron chi connectivity index (χ1n) is 11.1. The molecule has 1 atom stereocenters. The average Bonchev–Trinajstić information content (AvgIpc) is 3.28. The van der Waals surface area contributed by atoms with Crippen molar-refractivity contribution >= 4 is 23.3 Å². The van der Waals surface area contributed by atoms with E-state index in [1.165, 1.54) is 35.2 Å². The monoisotopic (exact) mass is 503 g/mol. The Morgan fingerprint density at radius 1 is 1.22 bits per heavy atom. The van der Waals surface area contributed by atoms with Crippen molar-refractivity contribution in [3.63, 3.8) is 0 Å². The first-order chi connectivity index (χ1) is 17.2. The molecule has 0 bridgehead atoms. The molecule has 2 amide bonds. The second-order valence-electron chi connectivity index (χ2n) is 8.17. The third-order valence-electron chi connectivity index (χ3n) is 5.42. The minimum atomic E-state index is -4.22. The number of alkyl halides is 3. The molecule has 2 aromatic heterocycles. The van der Waals surface area contributed by atoms with Crippen molar-refractivity contribution in [2.24, 2.45) is 0 Å². The molecule has 1 aliphatic heterocycles. The number of nitrogens with one attached hydrogen (secondary N) is 2. The van der Waals surface area contributed by atoms with Gasteiger partial charge in [-0.1, -0.05) is 30.3 Å². The Balaban J connectivity index is 1.37. The topological polar surface area (TPSA) is 114 Å². The second kappa shape index (κ2) is 10.6. The summed E-state index contributed by atoms with van der Waals surface area (Å²) in [5, 5.41) is 9.60. The second-order valence-corrected chi connectivity index (χ2v) is 8.17. The molecule has 0 spiro atoms. The molecule has 3 aromatic rings. The fourth-order valence-electron chi connectivity index (χ4n) is 3.57. The largest absolute Gasteiger partial charge is 0.488 e. The van der Waals surface area contributed by atoms with Crippen molar-refractivity contribution in [1.29, 1.82) is 0 Å². The summed E-state index contributed by atoms with van der Waals surface area (Å²) in [7, 11) is 1.51. The predicted octanol–water partition coefficient (Wildman–Crippen LogP) is 2.63. The van der Waals surface area contributed by atoms with Crippen LogP contribution in [0.15, 0.2) is 48.9 Å². The number of hydrogen-bond acceptors (Lipinski definition) is 7. The Kier molecular flexibility index (Phi) is 7.36. The number of hydrogen-bond donors (Lipinski definition) is 2. The molecule has 0 fully saturated rings. The van der Waals surface area contributed by atoms with E-state index in [0.29, 0.717) is 23.8 Å². The Hall–Kier alpha value is -4.16. The van der Waals surface area contributed by atoms with Crippen LogP contribution in [0, 0.1) is 0 Å². The lowest BCUT2D eigenvalue weighted by Gasteiger charge is -2.19. The number of pyridine rings is 1. The molecule has 36 heavy (non-hydrogen) atoms. The molecule has 0 aliphatic carbocycles. The third-order valence-corrected chi connectivity index (χ3v) is 5.42. The van der Waals surface area contributed by atoms with E-state index in [0.717, 1.165) is 5.56 Å². The Morgan fingerprint density at radius 2 is 2.00 bits per heavy atom. The molecule has 0 saturated carbocycles. The van der Waals surface area contributed by atoms with E-state index in [2.05, 4.69) is 25.7 Å². The maximum absolute atomic E-state index is 12.9. The molecule has 0 unspecified atom stereocenters. The minimum absolute atomic E-state index is 0.0721. The van der Waals surface area contributed by atoms with Crippen LogP contribution >= 0.6 is 0 Å². The van der Waals surface area contributed by atoms with Crippen molar-refractivity contribution in [1.82, 2.24) is 25.1 Å².